The first-order valence-electron chi connectivity index (χ1n) is 10.4. The summed E-state index contributed by atoms with van der Waals surface area (Å²) in [6.07, 6.45) is 5.22. The van der Waals surface area contributed by atoms with Crippen LogP contribution in [0.3, 0.4) is 0 Å². The number of carbonyl (C=O) groups excluding carboxylic acids is 2. The first-order chi connectivity index (χ1) is 14.8. The molecule has 162 valence electrons. The summed E-state index contributed by atoms with van der Waals surface area (Å²) in [6, 6.07) is 11.6. The first kappa shape index (κ1) is 22.1. The van der Waals surface area contributed by atoms with Crippen molar-refractivity contribution in [2.75, 3.05) is 5.32 Å². The molecule has 0 aromatic heterocycles. The lowest BCUT2D eigenvalue weighted by Gasteiger charge is -2.20. The molecule has 1 aliphatic rings. The zero-order valence-electron chi connectivity index (χ0n) is 17.7. The fourth-order valence-corrected chi connectivity index (χ4v) is 3.64. The number of hydrogen-bond donors (Lipinski definition) is 2. The van der Waals surface area contributed by atoms with Crippen LogP contribution in [0.15, 0.2) is 47.6 Å². The lowest BCUT2D eigenvalue weighted by atomic mass is 9.88. The van der Waals surface area contributed by atoms with Gasteiger partial charge in [0.15, 0.2) is 0 Å². The summed E-state index contributed by atoms with van der Waals surface area (Å²) < 4.78 is 0. The van der Waals surface area contributed by atoms with E-state index in [1.807, 2.05) is 24.3 Å². The van der Waals surface area contributed by atoms with Gasteiger partial charge in [-0.1, -0.05) is 37.5 Å². The lowest BCUT2D eigenvalue weighted by molar-refractivity contribution is -0.385. The second kappa shape index (κ2) is 9.97. The molecule has 0 saturated heterocycles. The van der Waals surface area contributed by atoms with E-state index in [0.717, 1.165) is 31.2 Å². The van der Waals surface area contributed by atoms with Gasteiger partial charge in [-0.15, -0.1) is 0 Å². The SMILES string of the molecule is C/C(=N\NC(=O)c1ccc(C)c([N+](=O)[O-])c1)c1cccc(NC(=O)C2CCCCC2)c1. The largest absolute Gasteiger partial charge is 0.326 e. The van der Waals surface area contributed by atoms with Crippen LogP contribution >= 0.6 is 0 Å². The van der Waals surface area contributed by atoms with Gasteiger partial charge < -0.3 is 5.32 Å². The molecule has 0 radical (unpaired) electrons. The molecule has 0 bridgehead atoms. The molecule has 0 atom stereocenters. The minimum atomic E-state index is -0.538. The molecule has 1 fully saturated rings. The van der Waals surface area contributed by atoms with Gasteiger partial charge in [-0.05, 0) is 50.5 Å². The van der Waals surface area contributed by atoms with E-state index >= 15 is 0 Å². The monoisotopic (exact) mass is 422 g/mol. The van der Waals surface area contributed by atoms with Crippen molar-refractivity contribution in [1.29, 1.82) is 0 Å². The summed E-state index contributed by atoms with van der Waals surface area (Å²) in [5.41, 5.74) is 4.93. The highest BCUT2D eigenvalue weighted by molar-refractivity contribution is 6.02. The zero-order chi connectivity index (χ0) is 22.4. The van der Waals surface area contributed by atoms with Gasteiger partial charge >= 0.3 is 0 Å². The van der Waals surface area contributed by atoms with E-state index in [9.17, 15) is 19.7 Å². The van der Waals surface area contributed by atoms with E-state index in [1.54, 1.807) is 13.8 Å². The number of hydrogen-bond acceptors (Lipinski definition) is 5. The molecular formula is C23H26N4O4. The fourth-order valence-electron chi connectivity index (χ4n) is 3.64. The smallest absolute Gasteiger partial charge is 0.273 e. The summed E-state index contributed by atoms with van der Waals surface area (Å²) in [7, 11) is 0. The van der Waals surface area contributed by atoms with Crippen molar-refractivity contribution in [2.45, 2.75) is 46.0 Å². The summed E-state index contributed by atoms with van der Waals surface area (Å²) >= 11 is 0. The number of anilines is 1. The molecule has 2 amide bonds. The second-order valence-electron chi connectivity index (χ2n) is 7.80. The number of nitrogens with one attached hydrogen (secondary N) is 2. The summed E-state index contributed by atoms with van der Waals surface area (Å²) in [5.74, 6) is -0.435. The van der Waals surface area contributed by atoms with E-state index in [0.29, 0.717) is 17.0 Å². The Morgan fingerprint density at radius 2 is 1.81 bits per heavy atom. The molecule has 2 aromatic carbocycles. The number of aryl methyl sites for hydroxylation is 1. The number of rotatable bonds is 6. The van der Waals surface area contributed by atoms with Crippen molar-refractivity contribution in [3.63, 3.8) is 0 Å². The maximum atomic E-state index is 12.5. The molecule has 0 heterocycles. The maximum absolute atomic E-state index is 12.5. The molecule has 1 aliphatic carbocycles. The topological polar surface area (TPSA) is 114 Å². The Morgan fingerprint density at radius 3 is 2.52 bits per heavy atom. The minimum absolute atomic E-state index is 0.0423. The Bertz CT molecular complexity index is 1030. The molecular weight excluding hydrogens is 396 g/mol. The first-order valence-corrected chi connectivity index (χ1v) is 10.4. The molecule has 0 unspecified atom stereocenters. The van der Waals surface area contributed by atoms with Gasteiger partial charge in [-0.3, -0.25) is 19.7 Å². The van der Waals surface area contributed by atoms with Crippen LogP contribution in [0.4, 0.5) is 11.4 Å². The van der Waals surface area contributed by atoms with E-state index in [2.05, 4.69) is 15.8 Å². The van der Waals surface area contributed by atoms with Gasteiger partial charge in [0.05, 0.1) is 10.6 Å². The molecule has 31 heavy (non-hydrogen) atoms. The zero-order valence-corrected chi connectivity index (χ0v) is 17.7. The predicted molar refractivity (Wildman–Crippen MR) is 119 cm³/mol. The quantitative estimate of drug-likeness (QED) is 0.403. The lowest BCUT2D eigenvalue weighted by Crippen LogP contribution is -2.24. The fraction of sp³-hybridized carbons (Fsp3) is 0.348. The maximum Gasteiger partial charge on any atom is 0.273 e. The minimum Gasteiger partial charge on any atom is -0.326 e. The van der Waals surface area contributed by atoms with Crippen LogP contribution < -0.4 is 10.7 Å². The number of benzene rings is 2. The van der Waals surface area contributed by atoms with Crippen LogP contribution in [-0.4, -0.2) is 22.4 Å². The predicted octanol–water partition coefficient (Wildman–Crippen LogP) is 4.58. The highest BCUT2D eigenvalue weighted by atomic mass is 16.6. The van der Waals surface area contributed by atoms with Crippen LogP contribution in [0.25, 0.3) is 0 Å². The van der Waals surface area contributed by atoms with Crippen molar-refractivity contribution in [2.24, 2.45) is 11.0 Å². The van der Waals surface area contributed by atoms with Crippen molar-refractivity contribution in [3.8, 4) is 0 Å². The highest BCUT2D eigenvalue weighted by Gasteiger charge is 2.21. The van der Waals surface area contributed by atoms with Gasteiger partial charge in [0.2, 0.25) is 5.91 Å². The van der Waals surface area contributed by atoms with Crippen molar-refractivity contribution < 1.29 is 14.5 Å². The number of carbonyl (C=O) groups is 2. The molecule has 0 aliphatic heterocycles. The van der Waals surface area contributed by atoms with Crippen LogP contribution in [0.1, 0.15) is 60.5 Å². The van der Waals surface area contributed by atoms with Crippen LogP contribution in [0.5, 0.6) is 0 Å². The van der Waals surface area contributed by atoms with Crippen LogP contribution in [0, 0.1) is 23.0 Å². The summed E-state index contributed by atoms with van der Waals surface area (Å²) in [5, 5.41) is 18.2. The third-order valence-corrected chi connectivity index (χ3v) is 5.52. The average molecular weight is 422 g/mol. The standard InChI is InChI=1S/C23H26N4O4/c1-15-11-12-19(14-21(15)27(30)31)23(29)26-25-16(2)18-9-6-10-20(13-18)24-22(28)17-7-4-3-5-8-17/h6,9-14,17H,3-5,7-8H2,1-2H3,(H,24,28)(H,26,29)/b25-16+. The van der Waals surface area contributed by atoms with Gasteiger partial charge in [-0.2, -0.15) is 5.10 Å². The highest BCUT2D eigenvalue weighted by Crippen LogP contribution is 2.25. The Hall–Kier alpha value is -3.55. The van der Waals surface area contributed by atoms with Crippen LogP contribution in [-0.2, 0) is 4.79 Å². The molecule has 2 N–H and O–H groups in total. The molecule has 0 spiro atoms. The average Bonchev–Trinajstić information content (AvgIpc) is 2.78. The van der Waals surface area contributed by atoms with Gasteiger partial charge in [0.25, 0.3) is 11.6 Å². The van der Waals surface area contributed by atoms with Crippen molar-refractivity contribution in [3.05, 3.63) is 69.3 Å². The Labute approximate surface area is 180 Å². The van der Waals surface area contributed by atoms with E-state index < -0.39 is 10.8 Å². The second-order valence-corrected chi connectivity index (χ2v) is 7.80. The molecule has 8 heteroatoms. The number of nitrogens with zero attached hydrogens (tertiary/aromatic N) is 2. The van der Waals surface area contributed by atoms with Crippen LogP contribution in [0.2, 0.25) is 0 Å². The Kier molecular flexibility index (Phi) is 7.12. The number of nitro benzene ring substituents is 1. The van der Waals surface area contributed by atoms with E-state index in [1.165, 1.54) is 24.6 Å². The van der Waals surface area contributed by atoms with Gasteiger partial charge in [0.1, 0.15) is 0 Å². The molecule has 2 aromatic rings. The Balaban J connectivity index is 1.67. The third kappa shape index (κ3) is 5.75. The number of amides is 2. The molecule has 8 nitrogen and oxygen atoms in total. The number of nitro groups is 1. The van der Waals surface area contributed by atoms with E-state index in [-0.39, 0.29) is 23.1 Å². The Morgan fingerprint density at radius 1 is 1.06 bits per heavy atom. The third-order valence-electron chi connectivity index (χ3n) is 5.52. The van der Waals surface area contributed by atoms with Gasteiger partial charge in [-0.25, -0.2) is 5.43 Å². The van der Waals surface area contributed by atoms with E-state index in [4.69, 9.17) is 0 Å². The van der Waals surface area contributed by atoms with Gasteiger partial charge in [0, 0.05) is 28.8 Å². The van der Waals surface area contributed by atoms with Crippen molar-refractivity contribution >= 4 is 28.9 Å². The normalized spacial score (nSPS) is 14.7. The number of hydrazone groups is 1. The van der Waals surface area contributed by atoms with Crippen molar-refractivity contribution in [1.82, 2.24) is 5.43 Å². The molecule has 1 saturated carbocycles. The summed E-state index contributed by atoms with van der Waals surface area (Å²) in [4.78, 5) is 35.4. The summed E-state index contributed by atoms with van der Waals surface area (Å²) in [6.45, 7) is 3.35. The molecule has 3 rings (SSSR count).